The molecule has 0 aliphatic rings. The van der Waals surface area contributed by atoms with Crippen molar-refractivity contribution in [2.45, 2.75) is 26.3 Å². The Labute approximate surface area is 109 Å². The fourth-order valence-corrected chi connectivity index (χ4v) is 2.13. The van der Waals surface area contributed by atoms with Crippen LogP contribution in [-0.4, -0.2) is 30.6 Å². The molecule has 0 aliphatic carbocycles. The summed E-state index contributed by atoms with van der Waals surface area (Å²) in [4.78, 5) is 6.89. The van der Waals surface area contributed by atoms with Crippen molar-refractivity contribution in [3.05, 3.63) is 23.4 Å². The second-order valence-electron chi connectivity index (χ2n) is 4.19. The summed E-state index contributed by atoms with van der Waals surface area (Å²) in [5.41, 5.74) is 8.06. The van der Waals surface area contributed by atoms with Crippen LogP contribution in [0.1, 0.15) is 24.6 Å². The second-order valence-corrected chi connectivity index (χ2v) is 5.18. The number of nitrogens with zero attached hydrogens (tertiary/aromatic N) is 2. The molecule has 3 nitrogen and oxygen atoms in total. The maximum Gasteiger partial charge on any atom is 0.128 e. The molecule has 0 radical (unpaired) electrons. The van der Waals surface area contributed by atoms with Gasteiger partial charge in [-0.3, -0.25) is 0 Å². The molecule has 0 unspecified atom stereocenters. The molecule has 0 bridgehead atoms. The van der Waals surface area contributed by atoms with Gasteiger partial charge in [0.2, 0.25) is 0 Å². The van der Waals surface area contributed by atoms with Gasteiger partial charge in [-0.15, -0.1) is 0 Å². The summed E-state index contributed by atoms with van der Waals surface area (Å²) in [5, 5.41) is 0. The molecule has 0 aliphatic heterocycles. The third kappa shape index (κ3) is 4.56. The van der Waals surface area contributed by atoms with Crippen LogP contribution in [0.5, 0.6) is 0 Å². The standard InChI is InChI=1S/C13H23N3S/c1-4-5-12-8-11(10-14)9-13(15-12)16(2)6-7-17-3/h8-9H,4-7,10,14H2,1-3H3. The first-order valence-corrected chi connectivity index (χ1v) is 7.50. The van der Waals surface area contributed by atoms with E-state index >= 15 is 0 Å². The van der Waals surface area contributed by atoms with E-state index in [1.165, 1.54) is 5.56 Å². The highest BCUT2D eigenvalue weighted by Crippen LogP contribution is 2.15. The van der Waals surface area contributed by atoms with Gasteiger partial charge in [-0.2, -0.15) is 11.8 Å². The summed E-state index contributed by atoms with van der Waals surface area (Å²) in [5.74, 6) is 2.17. The lowest BCUT2D eigenvalue weighted by Gasteiger charge is -2.19. The first-order chi connectivity index (χ1) is 8.21. The Bertz CT molecular complexity index is 341. The molecule has 0 amide bonds. The van der Waals surface area contributed by atoms with E-state index in [0.717, 1.165) is 36.7 Å². The number of hydrogen-bond acceptors (Lipinski definition) is 4. The maximum atomic E-state index is 5.73. The lowest BCUT2D eigenvalue weighted by Crippen LogP contribution is -2.22. The number of anilines is 1. The van der Waals surface area contributed by atoms with Crippen molar-refractivity contribution >= 4 is 17.6 Å². The molecule has 0 atom stereocenters. The molecule has 1 heterocycles. The number of aromatic nitrogens is 1. The van der Waals surface area contributed by atoms with Gasteiger partial charge in [0.05, 0.1) is 0 Å². The summed E-state index contributed by atoms with van der Waals surface area (Å²) in [6.45, 7) is 3.78. The van der Waals surface area contributed by atoms with Crippen LogP contribution >= 0.6 is 11.8 Å². The number of aryl methyl sites for hydroxylation is 1. The second kappa shape index (κ2) is 7.56. The predicted octanol–water partition coefficient (Wildman–Crippen LogP) is 2.29. The Morgan fingerprint density at radius 2 is 2.18 bits per heavy atom. The summed E-state index contributed by atoms with van der Waals surface area (Å²) >= 11 is 1.85. The summed E-state index contributed by atoms with van der Waals surface area (Å²) < 4.78 is 0. The van der Waals surface area contributed by atoms with E-state index in [0.29, 0.717) is 6.54 Å². The van der Waals surface area contributed by atoms with Crippen LogP contribution in [0.2, 0.25) is 0 Å². The molecule has 0 aromatic carbocycles. The first kappa shape index (κ1) is 14.3. The fourth-order valence-electron chi connectivity index (χ4n) is 1.67. The van der Waals surface area contributed by atoms with Crippen LogP contribution in [0.15, 0.2) is 12.1 Å². The SMILES string of the molecule is CCCc1cc(CN)cc(N(C)CCSC)n1. The van der Waals surface area contributed by atoms with Gasteiger partial charge in [0.25, 0.3) is 0 Å². The normalized spacial score (nSPS) is 10.6. The van der Waals surface area contributed by atoms with Gasteiger partial charge < -0.3 is 10.6 Å². The zero-order chi connectivity index (χ0) is 12.7. The number of pyridine rings is 1. The molecule has 0 fully saturated rings. The van der Waals surface area contributed by atoms with Crippen molar-refractivity contribution in [3.63, 3.8) is 0 Å². The van der Waals surface area contributed by atoms with Crippen molar-refractivity contribution in [2.75, 3.05) is 30.5 Å². The minimum Gasteiger partial charge on any atom is -0.359 e. The fraction of sp³-hybridized carbons (Fsp3) is 0.615. The van der Waals surface area contributed by atoms with Crippen LogP contribution in [0, 0.1) is 0 Å². The van der Waals surface area contributed by atoms with E-state index in [9.17, 15) is 0 Å². The molecular formula is C13H23N3S. The monoisotopic (exact) mass is 253 g/mol. The molecule has 0 spiro atoms. The molecule has 1 aromatic rings. The molecule has 0 saturated heterocycles. The topological polar surface area (TPSA) is 42.1 Å². The van der Waals surface area contributed by atoms with E-state index < -0.39 is 0 Å². The van der Waals surface area contributed by atoms with Crippen LogP contribution in [0.4, 0.5) is 5.82 Å². The zero-order valence-corrected chi connectivity index (χ0v) is 11.9. The smallest absolute Gasteiger partial charge is 0.128 e. The zero-order valence-electron chi connectivity index (χ0n) is 11.1. The van der Waals surface area contributed by atoms with Crippen LogP contribution < -0.4 is 10.6 Å². The lowest BCUT2D eigenvalue weighted by atomic mass is 10.1. The molecule has 96 valence electrons. The predicted molar refractivity (Wildman–Crippen MR) is 77.8 cm³/mol. The minimum absolute atomic E-state index is 0.586. The van der Waals surface area contributed by atoms with Crippen LogP contribution in [-0.2, 0) is 13.0 Å². The average Bonchev–Trinajstić information content (AvgIpc) is 2.35. The van der Waals surface area contributed by atoms with Gasteiger partial charge in [0, 0.05) is 31.6 Å². The first-order valence-electron chi connectivity index (χ1n) is 6.11. The molecule has 2 N–H and O–H groups in total. The summed E-state index contributed by atoms with van der Waals surface area (Å²) in [6.07, 6.45) is 4.27. The molecule has 17 heavy (non-hydrogen) atoms. The van der Waals surface area contributed by atoms with Gasteiger partial charge in [0.1, 0.15) is 5.82 Å². The van der Waals surface area contributed by atoms with Gasteiger partial charge in [0.15, 0.2) is 0 Å². The Kier molecular flexibility index (Phi) is 6.37. The molecular weight excluding hydrogens is 230 g/mol. The molecule has 4 heteroatoms. The number of thioether (sulfide) groups is 1. The Balaban J connectivity index is 2.85. The molecule has 1 rings (SSSR count). The third-order valence-electron chi connectivity index (χ3n) is 2.69. The Morgan fingerprint density at radius 1 is 1.41 bits per heavy atom. The van der Waals surface area contributed by atoms with Crippen molar-refractivity contribution in [1.29, 1.82) is 0 Å². The van der Waals surface area contributed by atoms with E-state index in [1.54, 1.807) is 0 Å². The number of rotatable bonds is 7. The lowest BCUT2D eigenvalue weighted by molar-refractivity contribution is 0.855. The molecule has 0 saturated carbocycles. The van der Waals surface area contributed by atoms with Crippen LogP contribution in [0.3, 0.4) is 0 Å². The maximum absolute atomic E-state index is 5.73. The summed E-state index contributed by atoms with van der Waals surface area (Å²) in [6, 6.07) is 4.22. The number of hydrogen-bond donors (Lipinski definition) is 1. The largest absolute Gasteiger partial charge is 0.359 e. The van der Waals surface area contributed by atoms with E-state index in [1.807, 2.05) is 11.8 Å². The van der Waals surface area contributed by atoms with Crippen LogP contribution in [0.25, 0.3) is 0 Å². The van der Waals surface area contributed by atoms with Crippen molar-refractivity contribution in [2.24, 2.45) is 5.73 Å². The third-order valence-corrected chi connectivity index (χ3v) is 3.28. The highest BCUT2D eigenvalue weighted by Gasteiger charge is 2.06. The van der Waals surface area contributed by atoms with Gasteiger partial charge in [-0.25, -0.2) is 4.98 Å². The highest BCUT2D eigenvalue weighted by molar-refractivity contribution is 7.98. The van der Waals surface area contributed by atoms with Crippen molar-refractivity contribution < 1.29 is 0 Å². The quantitative estimate of drug-likeness (QED) is 0.809. The van der Waals surface area contributed by atoms with E-state index in [2.05, 4.69) is 42.2 Å². The van der Waals surface area contributed by atoms with Crippen molar-refractivity contribution in [3.8, 4) is 0 Å². The van der Waals surface area contributed by atoms with Gasteiger partial charge in [-0.1, -0.05) is 13.3 Å². The number of nitrogens with two attached hydrogens (primary N) is 1. The van der Waals surface area contributed by atoms with Gasteiger partial charge >= 0.3 is 0 Å². The summed E-state index contributed by atoms with van der Waals surface area (Å²) in [7, 11) is 2.09. The minimum atomic E-state index is 0.586. The molecule has 1 aromatic heterocycles. The van der Waals surface area contributed by atoms with E-state index in [-0.39, 0.29) is 0 Å². The van der Waals surface area contributed by atoms with Gasteiger partial charge in [-0.05, 0) is 30.4 Å². The highest BCUT2D eigenvalue weighted by atomic mass is 32.2. The van der Waals surface area contributed by atoms with Crippen molar-refractivity contribution in [1.82, 2.24) is 4.98 Å². The Hall–Kier alpha value is -0.740. The van der Waals surface area contributed by atoms with E-state index in [4.69, 9.17) is 5.73 Å². The average molecular weight is 253 g/mol. The Morgan fingerprint density at radius 3 is 2.76 bits per heavy atom.